The molecular weight excluding hydrogens is 339 g/mol. The fraction of sp³-hybridized carbons (Fsp3) is 0.0833. The van der Waals surface area contributed by atoms with Gasteiger partial charge < -0.3 is 0 Å². The second kappa shape index (κ2) is 5.78. The van der Waals surface area contributed by atoms with Crippen molar-refractivity contribution in [3.63, 3.8) is 0 Å². The van der Waals surface area contributed by atoms with Gasteiger partial charge in [0.2, 0.25) is 0 Å². The third-order valence-corrected chi connectivity index (χ3v) is 3.66. The first-order chi connectivity index (χ1) is 8.65. The van der Waals surface area contributed by atoms with Gasteiger partial charge in [-0.25, -0.2) is 0 Å². The van der Waals surface area contributed by atoms with Gasteiger partial charge in [-0.3, -0.25) is 4.98 Å². The van der Waals surface area contributed by atoms with E-state index in [0.29, 0.717) is 21.1 Å². The molecule has 1 aromatic carbocycles. The topological polar surface area (TPSA) is 42.3 Å². The molecule has 0 atom stereocenters. The highest BCUT2D eigenvalue weighted by molar-refractivity contribution is 9.08. The van der Waals surface area contributed by atoms with Crippen LogP contribution in [0.3, 0.4) is 0 Å². The summed E-state index contributed by atoms with van der Waals surface area (Å²) >= 11 is 15.6. The van der Waals surface area contributed by atoms with Crippen molar-refractivity contribution >= 4 is 44.8 Å². The summed E-state index contributed by atoms with van der Waals surface area (Å²) in [6, 6.07) is 6.88. The van der Waals surface area contributed by atoms with E-state index in [1.54, 1.807) is 24.3 Å². The standard InChI is InChI=1S/C12H7BrCl2N2O/c13-5-9-10(14)3-7(4-11(9)15)12-2-1-8(17-18)6-16-12/h1-4,6H,5H2. The number of hydrogen-bond acceptors (Lipinski definition) is 3. The van der Waals surface area contributed by atoms with E-state index in [4.69, 9.17) is 23.2 Å². The molecule has 0 N–H and O–H groups in total. The lowest BCUT2D eigenvalue weighted by Gasteiger charge is -2.07. The van der Waals surface area contributed by atoms with Crippen molar-refractivity contribution in [3.8, 4) is 11.3 Å². The van der Waals surface area contributed by atoms with Crippen LogP contribution in [-0.4, -0.2) is 4.98 Å². The normalized spacial score (nSPS) is 10.4. The summed E-state index contributed by atoms with van der Waals surface area (Å²) in [5.41, 5.74) is 2.61. The lowest BCUT2D eigenvalue weighted by atomic mass is 10.1. The molecule has 0 spiro atoms. The summed E-state index contributed by atoms with van der Waals surface area (Å²) < 4.78 is 0. The predicted molar refractivity (Wildman–Crippen MR) is 77.8 cm³/mol. The van der Waals surface area contributed by atoms with Gasteiger partial charge in [0, 0.05) is 20.9 Å². The van der Waals surface area contributed by atoms with Crippen LogP contribution in [0.5, 0.6) is 0 Å². The molecule has 0 saturated carbocycles. The van der Waals surface area contributed by atoms with Gasteiger partial charge in [0.25, 0.3) is 0 Å². The van der Waals surface area contributed by atoms with Gasteiger partial charge in [-0.15, -0.1) is 4.91 Å². The van der Waals surface area contributed by atoms with E-state index in [-0.39, 0.29) is 5.69 Å². The Labute approximate surface area is 122 Å². The molecule has 2 rings (SSSR count). The zero-order chi connectivity index (χ0) is 13.1. The van der Waals surface area contributed by atoms with Gasteiger partial charge >= 0.3 is 0 Å². The van der Waals surface area contributed by atoms with Crippen molar-refractivity contribution in [2.24, 2.45) is 5.18 Å². The molecule has 1 aromatic heterocycles. The smallest absolute Gasteiger partial charge is 0.126 e. The fourth-order valence-electron chi connectivity index (χ4n) is 1.49. The second-order valence-corrected chi connectivity index (χ2v) is 4.92. The predicted octanol–water partition coefficient (Wildman–Crippen LogP) is 5.35. The molecule has 2 aromatic rings. The minimum absolute atomic E-state index is 0.285. The molecule has 1 heterocycles. The Morgan fingerprint density at radius 2 is 1.89 bits per heavy atom. The molecule has 18 heavy (non-hydrogen) atoms. The minimum atomic E-state index is 0.285. The molecule has 0 fully saturated rings. The van der Waals surface area contributed by atoms with Gasteiger partial charge in [-0.05, 0) is 35.0 Å². The zero-order valence-corrected chi connectivity index (χ0v) is 12.1. The maximum absolute atomic E-state index is 10.3. The molecular formula is C12H7BrCl2N2O. The van der Waals surface area contributed by atoms with Gasteiger partial charge in [0.15, 0.2) is 0 Å². The van der Waals surface area contributed by atoms with E-state index in [1.165, 1.54) is 6.20 Å². The molecule has 0 aliphatic rings. The zero-order valence-electron chi connectivity index (χ0n) is 9.03. The third-order valence-electron chi connectivity index (χ3n) is 2.42. The van der Waals surface area contributed by atoms with Crippen molar-refractivity contribution in [1.29, 1.82) is 0 Å². The molecule has 3 nitrogen and oxygen atoms in total. The molecule has 0 aliphatic heterocycles. The van der Waals surface area contributed by atoms with Gasteiger partial charge in [-0.2, -0.15) is 0 Å². The number of pyridine rings is 1. The molecule has 0 unspecified atom stereocenters. The maximum atomic E-state index is 10.3. The minimum Gasteiger partial charge on any atom is -0.254 e. The number of rotatable bonds is 3. The highest BCUT2D eigenvalue weighted by Gasteiger charge is 2.09. The maximum Gasteiger partial charge on any atom is 0.126 e. The monoisotopic (exact) mass is 344 g/mol. The summed E-state index contributed by atoms with van der Waals surface area (Å²) in [7, 11) is 0. The summed E-state index contributed by atoms with van der Waals surface area (Å²) in [6.45, 7) is 0. The van der Waals surface area contributed by atoms with Crippen molar-refractivity contribution in [2.75, 3.05) is 0 Å². The largest absolute Gasteiger partial charge is 0.254 e. The van der Waals surface area contributed by atoms with E-state index < -0.39 is 0 Å². The average Bonchev–Trinajstić information content (AvgIpc) is 2.38. The Balaban J connectivity index is 2.47. The van der Waals surface area contributed by atoms with Crippen molar-refractivity contribution in [1.82, 2.24) is 4.98 Å². The molecule has 6 heteroatoms. The summed E-state index contributed by atoms with van der Waals surface area (Å²) in [5.74, 6) is 0. The Morgan fingerprint density at radius 3 is 2.33 bits per heavy atom. The summed E-state index contributed by atoms with van der Waals surface area (Å²) in [4.78, 5) is 14.4. The molecule has 0 aliphatic carbocycles. The quantitative estimate of drug-likeness (QED) is 0.556. The van der Waals surface area contributed by atoms with E-state index in [2.05, 4.69) is 26.1 Å². The summed E-state index contributed by atoms with van der Waals surface area (Å²) in [5, 5.41) is 4.54. The second-order valence-electron chi connectivity index (χ2n) is 3.55. The van der Waals surface area contributed by atoms with Crippen LogP contribution in [0.1, 0.15) is 5.56 Å². The average molecular weight is 346 g/mol. The number of nitrogens with zero attached hydrogens (tertiary/aromatic N) is 2. The van der Waals surface area contributed by atoms with E-state index in [9.17, 15) is 4.91 Å². The number of hydrogen-bond donors (Lipinski definition) is 0. The molecule has 0 bridgehead atoms. The number of aromatic nitrogens is 1. The van der Waals surface area contributed by atoms with Crippen molar-refractivity contribution in [3.05, 3.63) is 51.0 Å². The van der Waals surface area contributed by atoms with Crippen LogP contribution in [-0.2, 0) is 5.33 Å². The number of benzene rings is 1. The van der Waals surface area contributed by atoms with Crippen LogP contribution < -0.4 is 0 Å². The molecule has 92 valence electrons. The highest BCUT2D eigenvalue weighted by Crippen LogP contribution is 2.32. The van der Waals surface area contributed by atoms with Crippen LogP contribution in [0.2, 0.25) is 10.0 Å². The van der Waals surface area contributed by atoms with Crippen LogP contribution >= 0.6 is 39.1 Å². The number of alkyl halides is 1. The summed E-state index contributed by atoms with van der Waals surface area (Å²) in [6.07, 6.45) is 1.41. The van der Waals surface area contributed by atoms with Crippen LogP contribution in [0.4, 0.5) is 5.69 Å². The lowest BCUT2D eigenvalue weighted by molar-refractivity contribution is 1.29. The first kappa shape index (κ1) is 13.5. The van der Waals surface area contributed by atoms with Gasteiger partial charge in [-0.1, -0.05) is 39.1 Å². The first-order valence-electron chi connectivity index (χ1n) is 4.99. The van der Waals surface area contributed by atoms with E-state index >= 15 is 0 Å². The van der Waals surface area contributed by atoms with Crippen molar-refractivity contribution < 1.29 is 0 Å². The Bertz CT molecular complexity index is 564. The van der Waals surface area contributed by atoms with Crippen LogP contribution in [0.15, 0.2) is 35.6 Å². The Hall–Kier alpha value is -0.970. The Kier molecular flexibility index (Phi) is 4.32. The van der Waals surface area contributed by atoms with Gasteiger partial charge in [0.1, 0.15) is 5.69 Å². The Morgan fingerprint density at radius 1 is 1.22 bits per heavy atom. The van der Waals surface area contributed by atoms with E-state index in [1.807, 2.05) is 0 Å². The third kappa shape index (κ3) is 2.71. The number of halogens is 3. The van der Waals surface area contributed by atoms with Crippen LogP contribution in [0.25, 0.3) is 11.3 Å². The number of nitroso groups, excluding NO2 is 1. The van der Waals surface area contributed by atoms with Gasteiger partial charge in [0.05, 0.1) is 11.9 Å². The first-order valence-corrected chi connectivity index (χ1v) is 6.87. The van der Waals surface area contributed by atoms with Crippen molar-refractivity contribution in [2.45, 2.75) is 5.33 Å². The SMILES string of the molecule is O=Nc1ccc(-c2cc(Cl)c(CBr)c(Cl)c2)nc1. The fourth-order valence-corrected chi connectivity index (χ4v) is 3.04. The van der Waals surface area contributed by atoms with E-state index in [0.717, 1.165) is 11.1 Å². The molecule has 0 radical (unpaired) electrons. The molecule has 0 saturated heterocycles. The molecule has 0 amide bonds. The lowest BCUT2D eigenvalue weighted by Crippen LogP contribution is -1.87. The highest BCUT2D eigenvalue weighted by atomic mass is 79.9. The van der Waals surface area contributed by atoms with Crippen LogP contribution in [0, 0.1) is 4.91 Å².